The number of hydrogen-bond donors (Lipinski definition) is 0. The van der Waals surface area contributed by atoms with Gasteiger partial charge >= 0.3 is 0 Å². The molecule has 180 valence electrons. The maximum Gasteiger partial charge on any atom is 0.297 e. The lowest BCUT2D eigenvalue weighted by molar-refractivity contribution is 0.0971. The number of rotatable bonds is 5. The average Bonchev–Trinajstić information content (AvgIpc) is 3.42. The van der Waals surface area contributed by atoms with Crippen LogP contribution in [0.2, 0.25) is 0 Å². The van der Waals surface area contributed by atoms with Gasteiger partial charge in [-0.25, -0.2) is 4.98 Å². The van der Waals surface area contributed by atoms with Gasteiger partial charge in [0, 0.05) is 0 Å². The summed E-state index contributed by atoms with van der Waals surface area (Å²) in [7, 11) is 1.61. The fourth-order valence-electron chi connectivity index (χ4n) is 4.56. The topological polar surface area (TPSA) is 81.9 Å². The number of ether oxygens (including phenoxy) is 2. The number of thiazole rings is 1. The molecule has 1 amide bonds. The van der Waals surface area contributed by atoms with Crippen LogP contribution in [0.5, 0.6) is 11.5 Å². The molecule has 7 nitrogen and oxygen atoms in total. The zero-order valence-electron chi connectivity index (χ0n) is 19.8. The van der Waals surface area contributed by atoms with Gasteiger partial charge in [0.25, 0.3) is 5.91 Å². The molecule has 36 heavy (non-hydrogen) atoms. The Balaban J connectivity index is 1.56. The molecule has 0 saturated carbocycles. The fourth-order valence-corrected chi connectivity index (χ4v) is 5.58. The molecule has 0 N–H and O–H groups in total. The number of carbonyl (C=O) groups is 1. The molecule has 1 atom stereocenters. The Morgan fingerprint density at radius 2 is 1.75 bits per heavy atom. The smallest absolute Gasteiger partial charge is 0.297 e. The fraction of sp³-hybridized carbons (Fsp3) is 0.179. The molecule has 1 aliphatic rings. The van der Waals surface area contributed by atoms with Crippen LogP contribution in [0, 0.1) is 0 Å². The third-order valence-electron chi connectivity index (χ3n) is 6.14. The van der Waals surface area contributed by atoms with Gasteiger partial charge < -0.3 is 13.9 Å². The van der Waals surface area contributed by atoms with Gasteiger partial charge in [-0.05, 0) is 61.9 Å². The van der Waals surface area contributed by atoms with Gasteiger partial charge in [0.1, 0.15) is 17.1 Å². The minimum Gasteiger partial charge on any atom is -0.497 e. The van der Waals surface area contributed by atoms with Crippen LogP contribution in [-0.2, 0) is 0 Å². The predicted molar refractivity (Wildman–Crippen MR) is 140 cm³/mol. The molecular weight excluding hydrogens is 476 g/mol. The van der Waals surface area contributed by atoms with E-state index in [9.17, 15) is 9.59 Å². The molecule has 0 bridgehead atoms. The molecule has 1 aliphatic heterocycles. The van der Waals surface area contributed by atoms with Crippen LogP contribution in [0.4, 0.5) is 5.13 Å². The van der Waals surface area contributed by atoms with E-state index < -0.39 is 11.9 Å². The van der Waals surface area contributed by atoms with Gasteiger partial charge in [0.15, 0.2) is 10.6 Å². The van der Waals surface area contributed by atoms with Crippen molar-refractivity contribution in [3.05, 3.63) is 93.8 Å². The lowest BCUT2D eigenvalue weighted by Crippen LogP contribution is -2.29. The third kappa shape index (κ3) is 3.53. The number of nitrogens with zero attached hydrogens (tertiary/aromatic N) is 2. The Morgan fingerprint density at radius 1 is 1.00 bits per heavy atom. The van der Waals surface area contributed by atoms with Crippen LogP contribution in [0.25, 0.3) is 21.2 Å². The second-order valence-corrected chi connectivity index (χ2v) is 9.82. The Labute approximate surface area is 210 Å². The van der Waals surface area contributed by atoms with Crippen molar-refractivity contribution in [3.63, 3.8) is 0 Å². The molecule has 2 aromatic heterocycles. The molecule has 6 rings (SSSR count). The summed E-state index contributed by atoms with van der Waals surface area (Å²) in [6, 6.07) is 19.3. The first kappa shape index (κ1) is 22.3. The minimum absolute atomic E-state index is 0.0271. The minimum atomic E-state index is -0.691. The molecule has 0 saturated heterocycles. The molecular formula is C28H22N2O5S. The Bertz CT molecular complexity index is 1690. The molecule has 8 heteroatoms. The Morgan fingerprint density at radius 3 is 2.50 bits per heavy atom. The second-order valence-electron chi connectivity index (χ2n) is 8.81. The van der Waals surface area contributed by atoms with E-state index in [4.69, 9.17) is 18.9 Å². The van der Waals surface area contributed by atoms with E-state index in [1.165, 1.54) is 11.3 Å². The SMILES string of the molecule is COc1ccc2nc(N3C(=O)c4oc5ccccc5c(=O)c4[C@@H]3c3ccc(OC(C)C)cc3)sc2c1. The van der Waals surface area contributed by atoms with E-state index in [1.807, 2.05) is 56.3 Å². The number of aromatic nitrogens is 1. The number of anilines is 1. The number of benzene rings is 3. The molecule has 0 unspecified atom stereocenters. The van der Waals surface area contributed by atoms with Crippen LogP contribution in [0.3, 0.4) is 0 Å². The summed E-state index contributed by atoms with van der Waals surface area (Å²) in [4.78, 5) is 33.8. The Kier molecular flexibility index (Phi) is 5.26. The van der Waals surface area contributed by atoms with Crippen molar-refractivity contribution in [1.29, 1.82) is 0 Å². The summed E-state index contributed by atoms with van der Waals surface area (Å²) < 4.78 is 18.0. The third-order valence-corrected chi connectivity index (χ3v) is 7.15. The molecule has 3 aromatic carbocycles. The number of carbonyl (C=O) groups excluding carboxylic acids is 1. The van der Waals surface area contributed by atoms with Gasteiger partial charge in [0.2, 0.25) is 5.76 Å². The van der Waals surface area contributed by atoms with Crippen LogP contribution in [0.1, 0.15) is 41.6 Å². The number of methoxy groups -OCH3 is 1. The van der Waals surface area contributed by atoms with E-state index >= 15 is 0 Å². The standard InChI is InChI=1S/C28H22N2O5S/c1-15(2)34-17-10-8-16(9-11-17)24-23-25(31)19-6-4-5-7-21(19)35-26(23)27(32)30(24)28-29-20-13-12-18(33-3)14-22(20)36-28/h4-15,24H,1-3H3/t24-/m0/s1. The van der Waals surface area contributed by atoms with Gasteiger partial charge in [-0.2, -0.15) is 0 Å². The van der Waals surface area contributed by atoms with Crippen LogP contribution < -0.4 is 19.8 Å². The highest BCUT2D eigenvalue weighted by Crippen LogP contribution is 2.44. The molecule has 5 aromatic rings. The van der Waals surface area contributed by atoms with E-state index in [1.54, 1.807) is 36.3 Å². The first-order chi connectivity index (χ1) is 17.4. The largest absolute Gasteiger partial charge is 0.497 e. The van der Waals surface area contributed by atoms with Gasteiger partial charge in [-0.1, -0.05) is 35.6 Å². The maximum atomic E-state index is 13.8. The molecule has 0 radical (unpaired) electrons. The monoisotopic (exact) mass is 498 g/mol. The summed E-state index contributed by atoms with van der Waals surface area (Å²) in [6.07, 6.45) is 0.0271. The zero-order valence-corrected chi connectivity index (χ0v) is 20.7. The zero-order chi connectivity index (χ0) is 25.0. The Hall–Kier alpha value is -4.17. The van der Waals surface area contributed by atoms with E-state index in [2.05, 4.69) is 0 Å². The summed E-state index contributed by atoms with van der Waals surface area (Å²) >= 11 is 1.36. The van der Waals surface area contributed by atoms with Crippen molar-refractivity contribution >= 4 is 43.6 Å². The normalized spacial score (nSPS) is 15.2. The van der Waals surface area contributed by atoms with Crippen molar-refractivity contribution < 1.29 is 18.7 Å². The van der Waals surface area contributed by atoms with Crippen LogP contribution in [0.15, 0.2) is 75.9 Å². The van der Waals surface area contributed by atoms with Crippen molar-refractivity contribution in [2.24, 2.45) is 0 Å². The van der Waals surface area contributed by atoms with Gasteiger partial charge in [0.05, 0.1) is 40.4 Å². The van der Waals surface area contributed by atoms with Gasteiger partial charge in [-0.3, -0.25) is 14.5 Å². The second kappa shape index (κ2) is 8.49. The van der Waals surface area contributed by atoms with Crippen molar-refractivity contribution in [1.82, 2.24) is 4.98 Å². The lowest BCUT2D eigenvalue weighted by atomic mass is 9.98. The van der Waals surface area contributed by atoms with Crippen LogP contribution >= 0.6 is 11.3 Å². The van der Waals surface area contributed by atoms with Gasteiger partial charge in [-0.15, -0.1) is 0 Å². The van der Waals surface area contributed by atoms with Crippen molar-refractivity contribution in [2.45, 2.75) is 26.0 Å². The number of fused-ring (bicyclic) bond motifs is 3. The van der Waals surface area contributed by atoms with Crippen molar-refractivity contribution in [2.75, 3.05) is 12.0 Å². The van der Waals surface area contributed by atoms with E-state index in [0.717, 1.165) is 15.8 Å². The summed E-state index contributed by atoms with van der Waals surface area (Å²) in [5.74, 6) is 1.06. The number of amides is 1. The highest BCUT2D eigenvalue weighted by Gasteiger charge is 2.45. The summed E-state index contributed by atoms with van der Waals surface area (Å²) in [5, 5.41) is 0.912. The molecule has 3 heterocycles. The summed E-state index contributed by atoms with van der Waals surface area (Å²) in [5.41, 5.74) is 1.97. The first-order valence-electron chi connectivity index (χ1n) is 11.5. The average molecular weight is 499 g/mol. The maximum absolute atomic E-state index is 13.8. The molecule has 0 fully saturated rings. The summed E-state index contributed by atoms with van der Waals surface area (Å²) in [6.45, 7) is 3.92. The van der Waals surface area contributed by atoms with Crippen LogP contribution in [-0.4, -0.2) is 24.1 Å². The number of hydrogen-bond acceptors (Lipinski definition) is 7. The first-order valence-corrected chi connectivity index (χ1v) is 12.4. The highest BCUT2D eigenvalue weighted by atomic mass is 32.1. The van der Waals surface area contributed by atoms with E-state index in [-0.39, 0.29) is 17.3 Å². The molecule has 0 spiro atoms. The highest BCUT2D eigenvalue weighted by molar-refractivity contribution is 7.22. The predicted octanol–water partition coefficient (Wildman–Crippen LogP) is 5.95. The quantitative estimate of drug-likeness (QED) is 0.298. The van der Waals surface area contributed by atoms with E-state index in [0.29, 0.717) is 33.2 Å². The number of para-hydroxylation sites is 1. The lowest BCUT2D eigenvalue weighted by Gasteiger charge is -2.22. The molecule has 0 aliphatic carbocycles. The van der Waals surface area contributed by atoms with Crippen molar-refractivity contribution in [3.8, 4) is 11.5 Å².